The summed E-state index contributed by atoms with van der Waals surface area (Å²) in [4.78, 5) is 22.4. The highest BCUT2D eigenvalue weighted by atomic mass is 16.4. The van der Waals surface area contributed by atoms with Gasteiger partial charge in [-0.15, -0.1) is 0 Å². The maximum absolute atomic E-state index is 11.4. The molecule has 0 aliphatic heterocycles. The van der Waals surface area contributed by atoms with Crippen molar-refractivity contribution in [3.05, 3.63) is 0 Å². The summed E-state index contributed by atoms with van der Waals surface area (Å²) < 4.78 is 0. The Bertz CT molecular complexity index is 246. The van der Waals surface area contributed by atoms with Crippen LogP contribution in [0.5, 0.6) is 0 Å². The standard InChI is InChI=1S/C11H22N2O3/c1-5-6-12-7-8(14)13-9(10(15)16)11(2,3)4/h9,12H,5-7H2,1-4H3,(H,13,14)(H,15,16)/t9-/m1/s1. The van der Waals surface area contributed by atoms with Crippen LogP contribution in [0, 0.1) is 5.41 Å². The van der Waals surface area contributed by atoms with E-state index in [2.05, 4.69) is 10.6 Å². The number of carboxylic acids is 1. The molecular formula is C11H22N2O3. The monoisotopic (exact) mass is 230 g/mol. The maximum atomic E-state index is 11.4. The molecule has 0 rings (SSSR count). The summed E-state index contributed by atoms with van der Waals surface area (Å²) in [6.45, 7) is 8.26. The number of rotatable bonds is 6. The Morgan fingerprint density at radius 2 is 1.88 bits per heavy atom. The first-order chi connectivity index (χ1) is 7.29. The molecule has 1 amide bonds. The zero-order valence-electron chi connectivity index (χ0n) is 10.5. The maximum Gasteiger partial charge on any atom is 0.326 e. The molecule has 0 aromatic heterocycles. The molecule has 0 aliphatic carbocycles. The molecule has 0 aromatic rings. The van der Waals surface area contributed by atoms with Crippen molar-refractivity contribution in [1.82, 2.24) is 10.6 Å². The van der Waals surface area contributed by atoms with Crippen molar-refractivity contribution in [2.24, 2.45) is 5.41 Å². The SMILES string of the molecule is CCCNCC(=O)N[C@H](C(=O)O)C(C)(C)C. The van der Waals surface area contributed by atoms with E-state index in [4.69, 9.17) is 5.11 Å². The van der Waals surface area contributed by atoms with Crippen LogP contribution in [-0.2, 0) is 9.59 Å². The van der Waals surface area contributed by atoms with Gasteiger partial charge in [0.05, 0.1) is 6.54 Å². The Kier molecular flexibility index (Phi) is 6.03. The van der Waals surface area contributed by atoms with E-state index in [1.54, 1.807) is 20.8 Å². The highest BCUT2D eigenvalue weighted by Crippen LogP contribution is 2.19. The van der Waals surface area contributed by atoms with E-state index in [1.165, 1.54) is 0 Å². The minimum Gasteiger partial charge on any atom is -0.480 e. The topological polar surface area (TPSA) is 78.4 Å². The van der Waals surface area contributed by atoms with Crippen LogP contribution in [-0.4, -0.2) is 36.1 Å². The molecule has 5 heteroatoms. The summed E-state index contributed by atoms with van der Waals surface area (Å²) >= 11 is 0. The zero-order chi connectivity index (χ0) is 12.8. The number of carboxylic acid groups (broad SMARTS) is 1. The first-order valence-electron chi connectivity index (χ1n) is 5.52. The Morgan fingerprint density at radius 1 is 1.31 bits per heavy atom. The van der Waals surface area contributed by atoms with Gasteiger partial charge in [-0.1, -0.05) is 27.7 Å². The lowest BCUT2D eigenvalue weighted by Crippen LogP contribution is -2.51. The smallest absolute Gasteiger partial charge is 0.326 e. The van der Waals surface area contributed by atoms with Crippen LogP contribution in [0.1, 0.15) is 34.1 Å². The van der Waals surface area contributed by atoms with Gasteiger partial charge in [0.1, 0.15) is 6.04 Å². The summed E-state index contributed by atoms with van der Waals surface area (Å²) in [5.41, 5.74) is -0.494. The summed E-state index contributed by atoms with van der Waals surface area (Å²) in [5, 5.41) is 14.4. The Morgan fingerprint density at radius 3 is 2.25 bits per heavy atom. The molecule has 0 radical (unpaired) electrons. The van der Waals surface area contributed by atoms with Gasteiger partial charge in [-0.05, 0) is 18.4 Å². The quantitative estimate of drug-likeness (QED) is 0.584. The fraction of sp³-hybridized carbons (Fsp3) is 0.818. The van der Waals surface area contributed by atoms with Gasteiger partial charge >= 0.3 is 5.97 Å². The number of amides is 1. The van der Waals surface area contributed by atoms with Crippen LogP contribution >= 0.6 is 0 Å². The Labute approximate surface area is 96.6 Å². The number of aliphatic carboxylic acids is 1. The van der Waals surface area contributed by atoms with Gasteiger partial charge in [-0.2, -0.15) is 0 Å². The van der Waals surface area contributed by atoms with E-state index >= 15 is 0 Å². The molecule has 16 heavy (non-hydrogen) atoms. The van der Waals surface area contributed by atoms with E-state index in [1.807, 2.05) is 6.92 Å². The van der Waals surface area contributed by atoms with Crippen LogP contribution in [0.4, 0.5) is 0 Å². The van der Waals surface area contributed by atoms with Crippen molar-refractivity contribution in [3.8, 4) is 0 Å². The average molecular weight is 230 g/mol. The highest BCUT2D eigenvalue weighted by molar-refractivity contribution is 5.85. The fourth-order valence-corrected chi connectivity index (χ4v) is 1.24. The second kappa shape index (κ2) is 6.48. The van der Waals surface area contributed by atoms with Gasteiger partial charge in [-0.25, -0.2) is 4.79 Å². The number of carbonyl (C=O) groups is 2. The van der Waals surface area contributed by atoms with Crippen LogP contribution in [0.3, 0.4) is 0 Å². The number of hydrogen-bond acceptors (Lipinski definition) is 3. The van der Waals surface area contributed by atoms with Crippen molar-refractivity contribution in [1.29, 1.82) is 0 Å². The van der Waals surface area contributed by atoms with Gasteiger partial charge in [0.15, 0.2) is 0 Å². The minimum absolute atomic E-state index is 0.160. The van der Waals surface area contributed by atoms with Gasteiger partial charge in [0, 0.05) is 0 Å². The molecule has 3 N–H and O–H groups in total. The van der Waals surface area contributed by atoms with Crippen molar-refractivity contribution in [3.63, 3.8) is 0 Å². The lowest BCUT2D eigenvalue weighted by Gasteiger charge is -2.27. The van der Waals surface area contributed by atoms with Crippen molar-refractivity contribution in [2.45, 2.75) is 40.2 Å². The number of nitrogens with one attached hydrogen (secondary N) is 2. The first kappa shape index (κ1) is 14.9. The van der Waals surface area contributed by atoms with Gasteiger partial charge < -0.3 is 15.7 Å². The lowest BCUT2D eigenvalue weighted by molar-refractivity contribution is -0.144. The van der Waals surface area contributed by atoms with Crippen molar-refractivity contribution >= 4 is 11.9 Å². The predicted octanol–water partition coefficient (Wildman–Crippen LogP) is 0.601. The van der Waals surface area contributed by atoms with E-state index in [0.29, 0.717) is 0 Å². The predicted molar refractivity (Wildman–Crippen MR) is 62.2 cm³/mol. The lowest BCUT2D eigenvalue weighted by atomic mass is 9.87. The molecule has 0 spiro atoms. The van der Waals surface area contributed by atoms with Crippen molar-refractivity contribution < 1.29 is 14.7 Å². The largest absolute Gasteiger partial charge is 0.480 e. The Balaban J connectivity index is 4.21. The third-order valence-electron chi connectivity index (χ3n) is 2.13. The van der Waals surface area contributed by atoms with E-state index in [-0.39, 0.29) is 12.5 Å². The summed E-state index contributed by atoms with van der Waals surface area (Å²) in [6.07, 6.45) is 0.939. The van der Waals surface area contributed by atoms with E-state index in [9.17, 15) is 9.59 Å². The molecule has 0 aromatic carbocycles. The van der Waals surface area contributed by atoms with Crippen molar-refractivity contribution in [2.75, 3.05) is 13.1 Å². The van der Waals surface area contributed by atoms with Crippen LogP contribution in [0.15, 0.2) is 0 Å². The third-order valence-corrected chi connectivity index (χ3v) is 2.13. The Hall–Kier alpha value is -1.10. The van der Waals surface area contributed by atoms with Crippen LogP contribution < -0.4 is 10.6 Å². The summed E-state index contributed by atoms with van der Waals surface area (Å²) in [7, 11) is 0. The minimum atomic E-state index is -1.00. The molecule has 0 unspecified atom stereocenters. The van der Waals surface area contributed by atoms with Crippen LogP contribution in [0.25, 0.3) is 0 Å². The average Bonchev–Trinajstić information content (AvgIpc) is 2.12. The van der Waals surface area contributed by atoms with Gasteiger partial charge in [0.25, 0.3) is 0 Å². The molecule has 0 heterocycles. The van der Waals surface area contributed by atoms with E-state index in [0.717, 1.165) is 13.0 Å². The molecule has 0 fully saturated rings. The fourth-order valence-electron chi connectivity index (χ4n) is 1.24. The zero-order valence-corrected chi connectivity index (χ0v) is 10.5. The molecule has 1 atom stereocenters. The number of hydrogen-bond donors (Lipinski definition) is 3. The van der Waals surface area contributed by atoms with Gasteiger partial charge in [0.2, 0.25) is 5.91 Å². The summed E-state index contributed by atoms with van der Waals surface area (Å²) in [5.74, 6) is -1.29. The number of carbonyl (C=O) groups excluding carboxylic acids is 1. The molecular weight excluding hydrogens is 208 g/mol. The molecule has 0 saturated heterocycles. The molecule has 0 saturated carbocycles. The normalized spacial score (nSPS) is 13.2. The molecule has 0 aliphatic rings. The second-order valence-corrected chi connectivity index (χ2v) is 4.88. The third kappa shape index (κ3) is 5.70. The second-order valence-electron chi connectivity index (χ2n) is 4.88. The highest BCUT2D eigenvalue weighted by Gasteiger charge is 2.32. The molecule has 0 bridgehead atoms. The van der Waals surface area contributed by atoms with E-state index < -0.39 is 17.4 Å². The molecule has 94 valence electrons. The summed E-state index contributed by atoms with van der Waals surface area (Å²) in [6, 6.07) is -0.858. The molecule has 5 nitrogen and oxygen atoms in total. The van der Waals surface area contributed by atoms with Gasteiger partial charge in [-0.3, -0.25) is 4.79 Å². The first-order valence-corrected chi connectivity index (χ1v) is 5.52. The van der Waals surface area contributed by atoms with Crippen LogP contribution in [0.2, 0.25) is 0 Å².